The number of hydrogen-bond donors (Lipinski definition) is 0. The number of rotatable bonds is 4. The van der Waals surface area contributed by atoms with Crippen LogP contribution in [0, 0.1) is 13.8 Å². The first-order chi connectivity index (χ1) is 18.0. The van der Waals surface area contributed by atoms with E-state index in [1.807, 2.05) is 79.1 Å². The summed E-state index contributed by atoms with van der Waals surface area (Å²) in [5.41, 5.74) is 6.01. The van der Waals surface area contributed by atoms with Gasteiger partial charge in [-0.25, -0.2) is 13.4 Å². The number of aryl methyl sites for hydroxylation is 2. The van der Waals surface area contributed by atoms with Gasteiger partial charge in [0.2, 0.25) is 10.0 Å². The smallest absolute Gasteiger partial charge is 0.253 e. The highest BCUT2D eigenvalue weighted by Crippen LogP contribution is 2.31. The van der Waals surface area contributed by atoms with E-state index in [0.29, 0.717) is 23.5 Å². The SMILES string of the molecule is Cc1cc(C(C)(C)C)cc(C)c1S(=O)(=O)N1CCN(C(=O)c2ccc(-n3cnc4ccccc43)cc2)CC1. The zero-order chi connectivity index (χ0) is 27.2. The number of sulfonamides is 1. The molecule has 0 unspecified atom stereocenters. The van der Waals surface area contributed by atoms with Crippen LogP contribution >= 0.6 is 0 Å². The molecule has 7 nitrogen and oxygen atoms in total. The van der Waals surface area contributed by atoms with E-state index in [-0.39, 0.29) is 24.4 Å². The molecule has 198 valence electrons. The van der Waals surface area contributed by atoms with Crippen molar-refractivity contribution in [3.05, 3.63) is 89.2 Å². The fourth-order valence-electron chi connectivity index (χ4n) is 5.16. The van der Waals surface area contributed by atoms with Crippen molar-refractivity contribution in [3.63, 3.8) is 0 Å². The number of piperazine rings is 1. The molecule has 0 radical (unpaired) electrons. The van der Waals surface area contributed by atoms with E-state index in [2.05, 4.69) is 25.8 Å². The molecule has 0 spiro atoms. The number of aromatic nitrogens is 2. The number of amides is 1. The van der Waals surface area contributed by atoms with Crippen LogP contribution in [0.1, 0.15) is 47.8 Å². The monoisotopic (exact) mass is 530 g/mol. The van der Waals surface area contributed by atoms with E-state index in [1.54, 1.807) is 11.2 Å². The van der Waals surface area contributed by atoms with Crippen molar-refractivity contribution in [2.75, 3.05) is 26.2 Å². The van der Waals surface area contributed by atoms with E-state index < -0.39 is 10.0 Å². The summed E-state index contributed by atoms with van der Waals surface area (Å²) in [5.74, 6) is -0.0917. The molecule has 0 bridgehead atoms. The average Bonchev–Trinajstić information content (AvgIpc) is 3.31. The molecule has 1 saturated heterocycles. The van der Waals surface area contributed by atoms with E-state index in [0.717, 1.165) is 33.4 Å². The topological polar surface area (TPSA) is 75.5 Å². The summed E-state index contributed by atoms with van der Waals surface area (Å²) in [6, 6.07) is 19.3. The third-order valence-corrected chi connectivity index (χ3v) is 9.50. The largest absolute Gasteiger partial charge is 0.336 e. The molecule has 1 fully saturated rings. The van der Waals surface area contributed by atoms with Gasteiger partial charge in [-0.1, -0.05) is 45.0 Å². The predicted molar refractivity (Wildman–Crippen MR) is 150 cm³/mol. The number of para-hydroxylation sites is 2. The molecular formula is C30H34N4O3S. The Morgan fingerprint density at radius 1 is 0.868 bits per heavy atom. The number of nitrogens with zero attached hydrogens (tertiary/aromatic N) is 4. The molecule has 0 N–H and O–H groups in total. The van der Waals surface area contributed by atoms with E-state index in [9.17, 15) is 13.2 Å². The number of fused-ring (bicyclic) bond motifs is 1. The quantitative estimate of drug-likeness (QED) is 0.369. The Labute approximate surface area is 224 Å². The maximum atomic E-state index is 13.6. The molecule has 5 rings (SSSR count). The van der Waals surface area contributed by atoms with Crippen molar-refractivity contribution < 1.29 is 13.2 Å². The number of carbonyl (C=O) groups excluding carboxylic acids is 1. The maximum Gasteiger partial charge on any atom is 0.253 e. The minimum absolute atomic E-state index is 0.0610. The Morgan fingerprint density at radius 3 is 2.08 bits per heavy atom. The van der Waals surface area contributed by atoms with Crippen molar-refractivity contribution in [1.82, 2.24) is 18.8 Å². The van der Waals surface area contributed by atoms with Gasteiger partial charge in [-0.3, -0.25) is 9.36 Å². The summed E-state index contributed by atoms with van der Waals surface area (Å²) in [5, 5.41) is 0. The minimum Gasteiger partial charge on any atom is -0.336 e. The number of imidazole rings is 1. The minimum atomic E-state index is -3.66. The molecule has 38 heavy (non-hydrogen) atoms. The molecular weight excluding hydrogens is 496 g/mol. The molecule has 1 aromatic heterocycles. The molecule has 1 amide bonds. The average molecular weight is 531 g/mol. The predicted octanol–water partition coefficient (Wildman–Crippen LogP) is 5.09. The second kappa shape index (κ2) is 9.67. The van der Waals surface area contributed by atoms with Gasteiger partial charge in [0.15, 0.2) is 0 Å². The van der Waals surface area contributed by atoms with Crippen molar-refractivity contribution in [1.29, 1.82) is 0 Å². The Morgan fingerprint density at radius 2 is 1.47 bits per heavy atom. The van der Waals surface area contributed by atoms with Gasteiger partial charge in [-0.2, -0.15) is 4.31 Å². The van der Waals surface area contributed by atoms with Crippen molar-refractivity contribution >= 4 is 27.0 Å². The summed E-state index contributed by atoms with van der Waals surface area (Å²) in [6.07, 6.45) is 1.78. The number of carbonyl (C=O) groups is 1. The normalized spacial score (nSPS) is 15.2. The zero-order valence-corrected chi connectivity index (χ0v) is 23.4. The van der Waals surface area contributed by atoms with E-state index in [4.69, 9.17) is 0 Å². The Hall–Kier alpha value is -3.49. The lowest BCUT2D eigenvalue weighted by Crippen LogP contribution is -2.50. The first-order valence-corrected chi connectivity index (χ1v) is 14.3. The first-order valence-electron chi connectivity index (χ1n) is 12.9. The molecule has 8 heteroatoms. The van der Waals surface area contributed by atoms with Crippen LogP contribution in [0.25, 0.3) is 16.7 Å². The van der Waals surface area contributed by atoms with Crippen LogP contribution in [0.2, 0.25) is 0 Å². The lowest BCUT2D eigenvalue weighted by atomic mass is 9.85. The summed E-state index contributed by atoms with van der Waals surface area (Å²) < 4.78 is 30.7. The van der Waals surface area contributed by atoms with Crippen molar-refractivity contribution in [3.8, 4) is 5.69 Å². The van der Waals surface area contributed by atoms with Gasteiger partial charge >= 0.3 is 0 Å². The van der Waals surface area contributed by atoms with Gasteiger partial charge < -0.3 is 4.90 Å². The van der Waals surface area contributed by atoms with E-state index >= 15 is 0 Å². The van der Waals surface area contributed by atoms with Gasteiger partial charge in [0.1, 0.15) is 6.33 Å². The second-order valence-corrected chi connectivity index (χ2v) is 12.9. The third-order valence-electron chi connectivity index (χ3n) is 7.30. The Kier molecular flexibility index (Phi) is 6.65. The Bertz CT molecular complexity index is 1580. The van der Waals surface area contributed by atoms with Crippen LogP contribution in [-0.4, -0.2) is 59.3 Å². The van der Waals surface area contributed by atoms with E-state index in [1.165, 1.54) is 4.31 Å². The molecule has 4 aromatic rings. The summed E-state index contributed by atoms with van der Waals surface area (Å²) in [6.45, 7) is 11.3. The van der Waals surface area contributed by atoms with Crippen molar-refractivity contribution in [2.24, 2.45) is 0 Å². The summed E-state index contributed by atoms with van der Waals surface area (Å²) in [7, 11) is -3.66. The molecule has 0 atom stereocenters. The third kappa shape index (κ3) is 4.74. The van der Waals surface area contributed by atoms with Crippen molar-refractivity contribution in [2.45, 2.75) is 44.9 Å². The zero-order valence-electron chi connectivity index (χ0n) is 22.6. The first kappa shape index (κ1) is 26.1. The van der Waals surface area contributed by atoms with Crippen LogP contribution in [0.3, 0.4) is 0 Å². The lowest BCUT2D eigenvalue weighted by molar-refractivity contribution is 0.0698. The maximum absolute atomic E-state index is 13.6. The molecule has 3 aromatic carbocycles. The highest BCUT2D eigenvalue weighted by Gasteiger charge is 2.33. The van der Waals surface area contributed by atoms with Crippen LogP contribution in [0.15, 0.2) is 71.9 Å². The number of hydrogen-bond acceptors (Lipinski definition) is 4. The molecule has 2 heterocycles. The molecule has 0 aliphatic carbocycles. The van der Waals surface area contributed by atoms with Crippen LogP contribution < -0.4 is 0 Å². The highest BCUT2D eigenvalue weighted by molar-refractivity contribution is 7.89. The second-order valence-electron chi connectivity index (χ2n) is 11.0. The van der Waals surface area contributed by atoms with Gasteiger partial charge in [0.25, 0.3) is 5.91 Å². The molecule has 1 aliphatic heterocycles. The van der Waals surface area contributed by atoms with Gasteiger partial charge in [0, 0.05) is 37.4 Å². The standard InChI is InChI=1S/C30H34N4O3S/c1-21-18-24(30(3,4)5)19-22(2)28(21)38(36,37)33-16-14-32(15-17-33)29(35)23-10-12-25(13-11-23)34-20-31-26-8-6-7-9-27(26)34/h6-13,18-20H,14-17H2,1-5H3. The highest BCUT2D eigenvalue weighted by atomic mass is 32.2. The Balaban J connectivity index is 1.29. The van der Waals surface area contributed by atoms with Gasteiger partial charge in [-0.15, -0.1) is 0 Å². The summed E-state index contributed by atoms with van der Waals surface area (Å²) >= 11 is 0. The summed E-state index contributed by atoms with van der Waals surface area (Å²) in [4.78, 5) is 19.8. The van der Waals surface area contributed by atoms with Crippen LogP contribution in [0.5, 0.6) is 0 Å². The molecule has 1 aliphatic rings. The van der Waals surface area contributed by atoms with Gasteiger partial charge in [0.05, 0.1) is 15.9 Å². The van der Waals surface area contributed by atoms with Crippen LogP contribution in [0.4, 0.5) is 0 Å². The molecule has 0 saturated carbocycles. The van der Waals surface area contributed by atoms with Crippen LogP contribution in [-0.2, 0) is 15.4 Å². The lowest BCUT2D eigenvalue weighted by Gasteiger charge is -2.35. The number of benzene rings is 3. The fraction of sp³-hybridized carbons (Fsp3) is 0.333. The van der Waals surface area contributed by atoms with Gasteiger partial charge in [-0.05, 0) is 72.4 Å². The fourth-order valence-corrected chi connectivity index (χ4v) is 7.00.